The Morgan fingerprint density at radius 3 is 3.16 bits per heavy atom. The van der Waals surface area contributed by atoms with Crippen molar-refractivity contribution >= 4 is 56.7 Å². The molecular weight excluding hydrogens is 372 g/mol. The lowest BCUT2D eigenvalue weighted by Crippen LogP contribution is -2.06. The number of nitrogens with one attached hydrogen (secondary N) is 1. The molecule has 0 bridgehead atoms. The van der Waals surface area contributed by atoms with Crippen molar-refractivity contribution in [2.24, 2.45) is 4.99 Å². The number of aromatic amines is 1. The Balaban J connectivity index is 1.61. The van der Waals surface area contributed by atoms with Gasteiger partial charge in [0.2, 0.25) is 0 Å². The second-order valence-electron chi connectivity index (χ2n) is 5.71. The average molecular weight is 391 g/mol. The fourth-order valence-electron chi connectivity index (χ4n) is 2.80. The molecule has 1 aliphatic rings. The molecule has 0 amide bonds. The van der Waals surface area contributed by atoms with Crippen LogP contribution in [0.3, 0.4) is 0 Å². The highest BCUT2D eigenvalue weighted by Gasteiger charge is 2.22. The maximum Gasteiger partial charge on any atom is 0.170 e. The Morgan fingerprint density at radius 2 is 2.36 bits per heavy atom. The summed E-state index contributed by atoms with van der Waals surface area (Å²) in [7, 11) is 2.06. The van der Waals surface area contributed by atoms with E-state index in [0.717, 1.165) is 39.2 Å². The zero-order chi connectivity index (χ0) is 17.2. The van der Waals surface area contributed by atoms with Gasteiger partial charge in [0.1, 0.15) is 5.04 Å². The second kappa shape index (κ2) is 7.41. The van der Waals surface area contributed by atoms with Crippen LogP contribution in [-0.2, 0) is 0 Å². The van der Waals surface area contributed by atoms with Crippen LogP contribution < -0.4 is 4.31 Å². The molecule has 2 N–H and O–H groups in total. The number of aliphatic hydroxyl groups is 1. The highest BCUT2D eigenvalue weighted by atomic mass is 32.2. The number of thiazole rings is 1. The summed E-state index contributed by atoms with van der Waals surface area (Å²) in [5.41, 5.74) is 3.29. The third-order valence-electron chi connectivity index (χ3n) is 4.00. The molecule has 1 unspecified atom stereocenters. The van der Waals surface area contributed by atoms with Gasteiger partial charge < -0.3 is 14.4 Å². The van der Waals surface area contributed by atoms with Gasteiger partial charge in [0.05, 0.1) is 23.4 Å². The minimum Gasteiger partial charge on any atom is -0.396 e. The summed E-state index contributed by atoms with van der Waals surface area (Å²) in [5.74, 6) is 0. The van der Waals surface area contributed by atoms with Gasteiger partial charge in [-0.15, -0.1) is 11.3 Å². The first-order valence-corrected chi connectivity index (χ1v) is 10.5. The van der Waals surface area contributed by atoms with Crippen LogP contribution in [0.25, 0.3) is 10.9 Å². The fourth-order valence-corrected chi connectivity index (χ4v) is 5.50. The zero-order valence-corrected chi connectivity index (χ0v) is 16.1. The molecule has 0 radical (unpaired) electrons. The first kappa shape index (κ1) is 17.0. The minimum absolute atomic E-state index is 0.218. The van der Waals surface area contributed by atoms with Gasteiger partial charge in [0, 0.05) is 47.8 Å². The van der Waals surface area contributed by atoms with Gasteiger partial charge in [-0.05, 0) is 18.6 Å². The zero-order valence-electron chi connectivity index (χ0n) is 13.7. The van der Waals surface area contributed by atoms with E-state index in [1.54, 1.807) is 35.0 Å². The van der Waals surface area contributed by atoms with E-state index >= 15 is 0 Å². The van der Waals surface area contributed by atoms with E-state index in [1.807, 2.05) is 11.6 Å². The first-order valence-electron chi connectivity index (χ1n) is 8.00. The van der Waals surface area contributed by atoms with Crippen LogP contribution in [0.4, 0.5) is 5.69 Å². The number of aromatic nitrogens is 2. The number of benzene rings is 1. The van der Waals surface area contributed by atoms with E-state index in [1.165, 1.54) is 5.39 Å². The first-order chi connectivity index (χ1) is 12.2. The molecule has 3 heterocycles. The Labute approximate surface area is 158 Å². The van der Waals surface area contributed by atoms with E-state index in [2.05, 4.69) is 50.6 Å². The summed E-state index contributed by atoms with van der Waals surface area (Å²) in [6.07, 6.45) is 2.61. The van der Waals surface area contributed by atoms with Crippen molar-refractivity contribution in [3.63, 3.8) is 0 Å². The smallest absolute Gasteiger partial charge is 0.170 e. The molecule has 0 saturated heterocycles. The molecule has 0 saturated carbocycles. The molecule has 8 heteroatoms. The lowest BCUT2D eigenvalue weighted by Gasteiger charge is -2.17. The summed E-state index contributed by atoms with van der Waals surface area (Å²) in [4.78, 5) is 12.5. The second-order valence-corrected chi connectivity index (χ2v) is 9.27. The fraction of sp³-hybridized carbons (Fsp3) is 0.294. The van der Waals surface area contributed by atoms with Crippen LogP contribution in [0.15, 0.2) is 45.2 Å². The van der Waals surface area contributed by atoms with Gasteiger partial charge in [-0.3, -0.25) is 4.99 Å². The maximum absolute atomic E-state index is 9.12. The summed E-state index contributed by atoms with van der Waals surface area (Å²) in [6.45, 7) is 0.999. The summed E-state index contributed by atoms with van der Waals surface area (Å²) in [6, 6.07) is 8.47. The molecule has 0 aliphatic carbocycles. The van der Waals surface area contributed by atoms with Crippen LogP contribution in [-0.4, -0.2) is 45.6 Å². The largest absolute Gasteiger partial charge is 0.396 e. The highest BCUT2D eigenvalue weighted by molar-refractivity contribution is 8.15. The van der Waals surface area contributed by atoms with Crippen molar-refractivity contribution in [1.29, 1.82) is 0 Å². The lowest BCUT2D eigenvalue weighted by atomic mass is 10.2. The normalized spacial score (nSPS) is 17.2. The predicted octanol–water partition coefficient (Wildman–Crippen LogP) is 4.01. The Kier molecular flexibility index (Phi) is 5.03. The van der Waals surface area contributed by atoms with Gasteiger partial charge in [-0.2, -0.15) is 0 Å². The molecule has 0 fully saturated rings. The number of para-hydroxylation sites is 1. The van der Waals surface area contributed by atoms with E-state index in [9.17, 15) is 0 Å². The SMILES string of the molecule is CN(Sc1nccs1)c1cccc2cc(C3=NCC(CCO)S3)[nH]c12. The van der Waals surface area contributed by atoms with Crippen molar-refractivity contribution in [2.45, 2.75) is 16.0 Å². The summed E-state index contributed by atoms with van der Waals surface area (Å²) < 4.78 is 3.16. The number of thioether (sulfide) groups is 1. The number of fused-ring (bicyclic) bond motifs is 1. The summed E-state index contributed by atoms with van der Waals surface area (Å²) in [5, 5.41) is 13.7. The third-order valence-corrected chi connectivity index (χ3v) is 7.10. The molecular formula is C17H18N4OS3. The minimum atomic E-state index is 0.218. The molecule has 5 nitrogen and oxygen atoms in total. The van der Waals surface area contributed by atoms with Gasteiger partial charge in [0.25, 0.3) is 0 Å². The number of rotatable bonds is 6. The topological polar surface area (TPSA) is 64.5 Å². The van der Waals surface area contributed by atoms with Gasteiger partial charge in [-0.25, -0.2) is 4.98 Å². The molecule has 25 heavy (non-hydrogen) atoms. The number of hydrogen-bond donors (Lipinski definition) is 2. The van der Waals surface area contributed by atoms with Crippen molar-refractivity contribution in [1.82, 2.24) is 9.97 Å². The Hall–Kier alpha value is -1.48. The van der Waals surface area contributed by atoms with Crippen LogP contribution in [0, 0.1) is 0 Å². The number of nitrogens with zero attached hydrogens (tertiary/aromatic N) is 3. The quantitative estimate of drug-likeness (QED) is 0.623. The molecule has 2 aromatic heterocycles. The monoisotopic (exact) mass is 390 g/mol. The van der Waals surface area contributed by atoms with Crippen LogP contribution in [0.2, 0.25) is 0 Å². The van der Waals surface area contributed by atoms with Crippen molar-refractivity contribution in [3.05, 3.63) is 41.5 Å². The third kappa shape index (κ3) is 3.57. The number of H-pyrrole nitrogens is 1. The Bertz CT molecular complexity index is 891. The number of aliphatic imine (C=N–C) groups is 1. The highest BCUT2D eigenvalue weighted by Crippen LogP contribution is 2.35. The van der Waals surface area contributed by atoms with Crippen molar-refractivity contribution in [3.8, 4) is 0 Å². The predicted molar refractivity (Wildman–Crippen MR) is 109 cm³/mol. The van der Waals surface area contributed by atoms with Gasteiger partial charge in [0.15, 0.2) is 4.34 Å². The number of hydrogen-bond acceptors (Lipinski definition) is 7. The molecule has 1 aliphatic heterocycles. The number of anilines is 1. The molecule has 130 valence electrons. The molecule has 1 aromatic carbocycles. The summed E-state index contributed by atoms with van der Waals surface area (Å²) >= 11 is 5.02. The van der Waals surface area contributed by atoms with Crippen molar-refractivity contribution < 1.29 is 5.11 Å². The van der Waals surface area contributed by atoms with Crippen molar-refractivity contribution in [2.75, 3.05) is 24.5 Å². The molecule has 0 spiro atoms. The van der Waals surface area contributed by atoms with E-state index in [0.29, 0.717) is 5.25 Å². The van der Waals surface area contributed by atoms with Gasteiger partial charge in [-0.1, -0.05) is 23.9 Å². The number of aliphatic hydroxyl groups excluding tert-OH is 1. The standard InChI is InChI=1S/C17H18N4OS3/c1-21(25-17-18-6-8-23-17)14-4-2-3-11-9-13(20-15(11)14)16-19-10-12(24-16)5-7-22/h2-4,6,8-9,12,20,22H,5,7,10H2,1H3. The van der Waals surface area contributed by atoms with E-state index in [4.69, 9.17) is 5.11 Å². The maximum atomic E-state index is 9.12. The van der Waals surface area contributed by atoms with E-state index < -0.39 is 0 Å². The average Bonchev–Trinajstić information content (AvgIpc) is 3.34. The van der Waals surface area contributed by atoms with E-state index in [-0.39, 0.29) is 6.61 Å². The molecule has 1 atom stereocenters. The Morgan fingerprint density at radius 1 is 1.44 bits per heavy atom. The molecule has 4 rings (SSSR count). The van der Waals surface area contributed by atoms with Crippen LogP contribution >= 0.6 is 35.0 Å². The van der Waals surface area contributed by atoms with Crippen LogP contribution in [0.5, 0.6) is 0 Å². The molecule has 3 aromatic rings. The van der Waals surface area contributed by atoms with Gasteiger partial charge >= 0.3 is 0 Å². The lowest BCUT2D eigenvalue weighted by molar-refractivity contribution is 0.288. The van der Waals surface area contributed by atoms with Crippen LogP contribution in [0.1, 0.15) is 12.1 Å².